The van der Waals surface area contributed by atoms with Crippen molar-refractivity contribution in [3.8, 4) is 0 Å². The number of fused-ring (bicyclic) bond motifs is 1. The number of carbonyl (C=O) groups excluding carboxylic acids is 2. The van der Waals surface area contributed by atoms with Crippen LogP contribution in [0, 0.1) is 6.92 Å². The van der Waals surface area contributed by atoms with E-state index in [-0.39, 0.29) is 18.5 Å². The zero-order valence-corrected chi connectivity index (χ0v) is 15.1. The molecule has 3 rings (SSSR count). The minimum absolute atomic E-state index is 0.107. The molecule has 136 valence electrons. The fourth-order valence-corrected chi connectivity index (χ4v) is 2.88. The quantitative estimate of drug-likeness (QED) is 0.445. The number of hydrogen-bond acceptors (Lipinski definition) is 4. The van der Waals surface area contributed by atoms with Crippen molar-refractivity contribution in [3.63, 3.8) is 0 Å². The normalized spacial score (nSPS) is 14.4. The predicted octanol–water partition coefficient (Wildman–Crippen LogP) is 4.70. The number of amides is 1. The van der Waals surface area contributed by atoms with E-state index >= 15 is 0 Å². The summed E-state index contributed by atoms with van der Waals surface area (Å²) >= 11 is 0. The maximum atomic E-state index is 12.2. The Kier molecular flexibility index (Phi) is 5.56. The molecule has 0 radical (unpaired) electrons. The lowest BCUT2D eigenvalue weighted by atomic mass is 10.0. The summed E-state index contributed by atoms with van der Waals surface area (Å²) in [6, 6.07) is 9.36. The first-order valence-corrected chi connectivity index (χ1v) is 8.95. The summed E-state index contributed by atoms with van der Waals surface area (Å²) < 4.78 is 10.9. The molecular formula is C21H23NO4. The second-order valence-electron chi connectivity index (χ2n) is 6.48. The number of furan rings is 1. The van der Waals surface area contributed by atoms with Crippen LogP contribution in [0.3, 0.4) is 0 Å². The molecule has 1 amide bonds. The first kappa shape index (κ1) is 18.0. The number of esters is 1. The van der Waals surface area contributed by atoms with Gasteiger partial charge in [-0.2, -0.15) is 0 Å². The molecule has 0 atom stereocenters. The fraction of sp³-hybridized carbons (Fsp3) is 0.333. The lowest BCUT2D eigenvalue weighted by molar-refractivity contribution is -0.145. The molecule has 1 aromatic heterocycles. The Hall–Kier alpha value is -2.82. The average Bonchev–Trinajstić information content (AvgIpc) is 3.19. The van der Waals surface area contributed by atoms with Crippen molar-refractivity contribution in [2.45, 2.75) is 46.1 Å². The summed E-state index contributed by atoms with van der Waals surface area (Å²) in [6.45, 7) is 4.19. The highest BCUT2D eigenvalue weighted by molar-refractivity contribution is 6.34. The third kappa shape index (κ3) is 4.23. The van der Waals surface area contributed by atoms with Crippen LogP contribution in [0.4, 0.5) is 5.69 Å². The van der Waals surface area contributed by atoms with Crippen LogP contribution in [0.2, 0.25) is 0 Å². The van der Waals surface area contributed by atoms with Crippen molar-refractivity contribution in [1.82, 2.24) is 0 Å². The second-order valence-corrected chi connectivity index (χ2v) is 6.48. The van der Waals surface area contributed by atoms with Gasteiger partial charge in [0.05, 0.1) is 5.57 Å². The summed E-state index contributed by atoms with van der Waals surface area (Å²) in [6.07, 6.45) is 5.09. The summed E-state index contributed by atoms with van der Waals surface area (Å²) in [5.41, 5.74) is 3.33. The van der Waals surface area contributed by atoms with Gasteiger partial charge in [-0.25, -0.2) is 0 Å². The Bertz CT molecular complexity index is 847. The third-order valence-electron chi connectivity index (χ3n) is 4.29. The van der Waals surface area contributed by atoms with Gasteiger partial charge in [0.1, 0.15) is 18.1 Å². The predicted molar refractivity (Wildman–Crippen MR) is 100 cm³/mol. The van der Waals surface area contributed by atoms with Crippen LogP contribution < -0.4 is 5.32 Å². The van der Waals surface area contributed by atoms with Crippen molar-refractivity contribution >= 4 is 29.2 Å². The molecule has 0 fully saturated rings. The Morgan fingerprint density at radius 2 is 2.08 bits per heavy atom. The van der Waals surface area contributed by atoms with Crippen LogP contribution >= 0.6 is 0 Å². The van der Waals surface area contributed by atoms with Gasteiger partial charge in [0, 0.05) is 17.7 Å². The highest BCUT2D eigenvalue weighted by Gasteiger charge is 2.24. The molecule has 0 unspecified atom stereocenters. The Labute approximate surface area is 153 Å². The van der Waals surface area contributed by atoms with E-state index < -0.39 is 0 Å². The molecule has 0 aliphatic carbocycles. The van der Waals surface area contributed by atoms with E-state index in [0.29, 0.717) is 23.5 Å². The molecule has 26 heavy (non-hydrogen) atoms. The topological polar surface area (TPSA) is 68.5 Å². The van der Waals surface area contributed by atoms with E-state index in [1.807, 2.05) is 25.1 Å². The van der Waals surface area contributed by atoms with E-state index in [0.717, 1.165) is 36.1 Å². The molecule has 1 aliphatic heterocycles. The van der Waals surface area contributed by atoms with Gasteiger partial charge in [0.15, 0.2) is 0 Å². The van der Waals surface area contributed by atoms with Gasteiger partial charge < -0.3 is 14.5 Å². The van der Waals surface area contributed by atoms with Crippen LogP contribution in [0.25, 0.3) is 11.6 Å². The first-order chi connectivity index (χ1) is 12.6. The van der Waals surface area contributed by atoms with E-state index in [9.17, 15) is 9.59 Å². The number of nitrogens with one attached hydrogen (secondary N) is 1. The van der Waals surface area contributed by atoms with E-state index in [2.05, 4.69) is 12.2 Å². The number of ether oxygens (including phenoxy) is 1. The first-order valence-electron chi connectivity index (χ1n) is 8.95. The number of benzene rings is 1. The number of hydrogen-bond donors (Lipinski definition) is 1. The summed E-state index contributed by atoms with van der Waals surface area (Å²) in [7, 11) is 0. The zero-order valence-electron chi connectivity index (χ0n) is 15.1. The molecule has 5 heteroatoms. The molecule has 2 heterocycles. The Morgan fingerprint density at radius 1 is 1.23 bits per heavy atom. The standard InChI is InChI=1S/C21H23NO4/c1-3-4-5-6-20(23)25-13-16-9-8-15(26-16)12-18-17-11-14(2)7-10-19(17)22-21(18)24/h7-12H,3-6,13H2,1-2H3,(H,22,24)/b18-12+. The molecule has 0 spiro atoms. The van der Waals surface area contributed by atoms with Crippen molar-refractivity contribution in [3.05, 3.63) is 53.0 Å². The molecule has 2 aromatic rings. The van der Waals surface area contributed by atoms with Crippen LogP contribution in [0.5, 0.6) is 0 Å². The minimum atomic E-state index is -0.214. The largest absolute Gasteiger partial charge is 0.458 e. The van der Waals surface area contributed by atoms with Gasteiger partial charge in [0.2, 0.25) is 0 Å². The number of carbonyl (C=O) groups is 2. The van der Waals surface area contributed by atoms with E-state index in [1.54, 1.807) is 18.2 Å². The van der Waals surface area contributed by atoms with Crippen LogP contribution in [-0.2, 0) is 20.9 Å². The highest BCUT2D eigenvalue weighted by Crippen LogP contribution is 2.33. The SMILES string of the molecule is CCCCCC(=O)OCc1ccc(/C=C2/C(=O)Nc3ccc(C)cc32)o1. The lowest BCUT2D eigenvalue weighted by Gasteiger charge is -2.02. The molecule has 1 N–H and O–H groups in total. The Balaban J connectivity index is 1.65. The van der Waals surface area contributed by atoms with E-state index in [1.165, 1.54) is 0 Å². The molecule has 1 aliphatic rings. The number of rotatable bonds is 7. The van der Waals surface area contributed by atoms with Gasteiger partial charge in [-0.3, -0.25) is 9.59 Å². The van der Waals surface area contributed by atoms with Crippen molar-refractivity contribution < 1.29 is 18.7 Å². The second kappa shape index (κ2) is 8.04. The Morgan fingerprint density at radius 3 is 2.88 bits per heavy atom. The van der Waals surface area contributed by atoms with Crippen molar-refractivity contribution in [2.24, 2.45) is 0 Å². The monoisotopic (exact) mass is 353 g/mol. The number of unbranched alkanes of at least 4 members (excludes halogenated alkanes) is 2. The lowest BCUT2D eigenvalue weighted by Crippen LogP contribution is -2.03. The summed E-state index contributed by atoms with van der Waals surface area (Å²) in [5.74, 6) is 0.755. The number of aryl methyl sites for hydroxylation is 1. The van der Waals surface area contributed by atoms with Gasteiger partial charge >= 0.3 is 5.97 Å². The van der Waals surface area contributed by atoms with Crippen LogP contribution in [0.1, 0.15) is 55.3 Å². The van der Waals surface area contributed by atoms with E-state index in [4.69, 9.17) is 9.15 Å². The van der Waals surface area contributed by atoms with Gasteiger partial charge in [-0.05, 0) is 43.7 Å². The van der Waals surface area contributed by atoms with Crippen molar-refractivity contribution in [1.29, 1.82) is 0 Å². The third-order valence-corrected chi connectivity index (χ3v) is 4.29. The minimum Gasteiger partial charge on any atom is -0.458 e. The highest BCUT2D eigenvalue weighted by atomic mass is 16.5. The molecule has 0 saturated heterocycles. The van der Waals surface area contributed by atoms with Gasteiger partial charge in [0.25, 0.3) is 5.91 Å². The molecule has 5 nitrogen and oxygen atoms in total. The zero-order chi connectivity index (χ0) is 18.5. The maximum absolute atomic E-state index is 12.2. The average molecular weight is 353 g/mol. The van der Waals surface area contributed by atoms with Gasteiger partial charge in [-0.15, -0.1) is 0 Å². The smallest absolute Gasteiger partial charge is 0.306 e. The molecular weight excluding hydrogens is 330 g/mol. The molecule has 0 saturated carbocycles. The molecule has 0 bridgehead atoms. The summed E-state index contributed by atoms with van der Waals surface area (Å²) in [4.78, 5) is 23.9. The van der Waals surface area contributed by atoms with Gasteiger partial charge in [-0.1, -0.05) is 31.4 Å². The maximum Gasteiger partial charge on any atom is 0.306 e. The summed E-state index contributed by atoms with van der Waals surface area (Å²) in [5, 5.41) is 2.85. The van der Waals surface area contributed by atoms with Crippen LogP contribution in [-0.4, -0.2) is 11.9 Å². The van der Waals surface area contributed by atoms with Crippen LogP contribution in [0.15, 0.2) is 34.7 Å². The number of anilines is 1. The fourth-order valence-electron chi connectivity index (χ4n) is 2.88. The van der Waals surface area contributed by atoms with Crippen molar-refractivity contribution in [2.75, 3.05) is 5.32 Å². The molecule has 1 aromatic carbocycles.